The van der Waals surface area contributed by atoms with Gasteiger partial charge in [-0.1, -0.05) is 110 Å². The minimum absolute atomic E-state index is 0.160. The van der Waals surface area contributed by atoms with Crippen molar-refractivity contribution in [3.63, 3.8) is 0 Å². The highest BCUT2D eigenvalue weighted by Crippen LogP contribution is 2.36. The third-order valence-electron chi connectivity index (χ3n) is 6.55. The van der Waals surface area contributed by atoms with Gasteiger partial charge in [0.25, 0.3) is 0 Å². The van der Waals surface area contributed by atoms with Crippen molar-refractivity contribution in [3.05, 3.63) is 162 Å². The van der Waals surface area contributed by atoms with E-state index in [0.717, 1.165) is 24.1 Å². The predicted octanol–water partition coefficient (Wildman–Crippen LogP) is 8.44. The molecule has 0 aliphatic carbocycles. The van der Waals surface area contributed by atoms with Crippen molar-refractivity contribution in [3.8, 4) is 16.9 Å². The predicted molar refractivity (Wildman–Crippen MR) is 149 cm³/mol. The third-order valence-corrected chi connectivity index (χ3v) is 6.55. The summed E-state index contributed by atoms with van der Waals surface area (Å²) < 4.78 is 0. The monoisotopic (exact) mass is 469 g/mol. The molecule has 0 bridgehead atoms. The Kier molecular flexibility index (Phi) is 7.14. The van der Waals surface area contributed by atoms with Gasteiger partial charge in [-0.15, -0.1) is 0 Å². The second kappa shape index (κ2) is 11.0. The van der Waals surface area contributed by atoms with Crippen molar-refractivity contribution in [2.45, 2.75) is 25.8 Å². The molecule has 36 heavy (non-hydrogen) atoms. The van der Waals surface area contributed by atoms with E-state index in [1.54, 1.807) is 6.07 Å². The summed E-state index contributed by atoms with van der Waals surface area (Å²) in [7, 11) is 0. The van der Waals surface area contributed by atoms with Gasteiger partial charge in [0.2, 0.25) is 0 Å². The molecule has 0 aromatic heterocycles. The summed E-state index contributed by atoms with van der Waals surface area (Å²) in [5.41, 5.74) is 8.40. The normalized spacial score (nSPS) is 14.3. The van der Waals surface area contributed by atoms with Gasteiger partial charge in [-0.2, -0.15) is 0 Å². The van der Waals surface area contributed by atoms with Gasteiger partial charge in [0.1, 0.15) is 5.75 Å². The molecule has 1 heterocycles. The first kappa shape index (κ1) is 23.4. The van der Waals surface area contributed by atoms with Crippen LogP contribution >= 0.6 is 0 Å². The maximum absolute atomic E-state index is 9.94. The molecule has 0 radical (unpaired) electrons. The lowest BCUT2D eigenvalue weighted by molar-refractivity contribution is 0.461. The van der Waals surface area contributed by atoms with Gasteiger partial charge in [-0.05, 0) is 64.1 Å². The topological polar surface area (TPSA) is 23.5 Å². The molecule has 0 saturated heterocycles. The second-order valence-electron chi connectivity index (χ2n) is 9.13. The zero-order chi connectivity index (χ0) is 24.7. The van der Waals surface area contributed by atoms with Crippen LogP contribution in [0.1, 0.15) is 36.0 Å². The Bertz CT molecular complexity index is 1360. The number of aromatic hydroxyl groups is 1. The molecule has 1 aliphatic rings. The van der Waals surface area contributed by atoms with Gasteiger partial charge in [0, 0.05) is 24.4 Å². The van der Waals surface area contributed by atoms with E-state index in [9.17, 15) is 5.11 Å². The van der Waals surface area contributed by atoms with Gasteiger partial charge < -0.3 is 10.0 Å². The van der Waals surface area contributed by atoms with E-state index in [-0.39, 0.29) is 11.7 Å². The van der Waals surface area contributed by atoms with Crippen LogP contribution in [0.4, 0.5) is 0 Å². The molecule has 0 amide bonds. The van der Waals surface area contributed by atoms with Crippen molar-refractivity contribution in [1.29, 1.82) is 0 Å². The van der Waals surface area contributed by atoms with Crippen molar-refractivity contribution in [2.24, 2.45) is 0 Å². The van der Waals surface area contributed by atoms with Crippen molar-refractivity contribution in [1.82, 2.24) is 4.90 Å². The lowest BCUT2D eigenvalue weighted by Crippen LogP contribution is -2.20. The van der Waals surface area contributed by atoms with Crippen LogP contribution in [0.3, 0.4) is 0 Å². The summed E-state index contributed by atoms with van der Waals surface area (Å²) in [5, 5.41) is 9.94. The number of hydrogen-bond acceptors (Lipinski definition) is 2. The number of phenolic OH excluding ortho intramolecular Hbond substituents is 1. The largest absolute Gasteiger partial charge is 0.508 e. The summed E-state index contributed by atoms with van der Waals surface area (Å²) in [6.45, 7) is 2.94. The Morgan fingerprint density at radius 3 is 2.00 bits per heavy atom. The molecule has 2 heteroatoms. The average molecular weight is 470 g/mol. The molecule has 4 aromatic rings. The molecule has 178 valence electrons. The highest BCUT2D eigenvalue weighted by atomic mass is 16.3. The Morgan fingerprint density at radius 2 is 1.36 bits per heavy atom. The Morgan fingerprint density at radius 1 is 0.722 bits per heavy atom. The first-order chi connectivity index (χ1) is 17.7. The van der Waals surface area contributed by atoms with Crippen molar-refractivity contribution < 1.29 is 5.11 Å². The number of nitrogens with zero attached hydrogens (tertiary/aromatic N) is 1. The fraction of sp³-hybridized carbons (Fsp3) is 0.118. The van der Waals surface area contributed by atoms with Crippen LogP contribution in [-0.2, 0) is 6.54 Å². The number of phenols is 1. The Labute approximate surface area is 214 Å². The molecule has 2 nitrogen and oxygen atoms in total. The van der Waals surface area contributed by atoms with Crippen molar-refractivity contribution >= 4 is 0 Å². The molecule has 0 atom stereocenters. The van der Waals surface area contributed by atoms with Gasteiger partial charge in [-0.25, -0.2) is 0 Å². The van der Waals surface area contributed by atoms with Crippen LogP contribution in [0, 0.1) is 0 Å². The van der Waals surface area contributed by atoms with Gasteiger partial charge in [0.05, 0.1) is 0 Å². The molecule has 4 aromatic carbocycles. The highest BCUT2D eigenvalue weighted by molar-refractivity contribution is 5.65. The first-order valence-corrected chi connectivity index (χ1v) is 12.6. The van der Waals surface area contributed by atoms with Crippen LogP contribution in [0.25, 0.3) is 11.1 Å². The zero-order valence-corrected chi connectivity index (χ0v) is 20.6. The zero-order valence-electron chi connectivity index (χ0n) is 20.6. The molecule has 5 rings (SSSR count). The summed E-state index contributed by atoms with van der Waals surface area (Å²) >= 11 is 0. The minimum Gasteiger partial charge on any atom is -0.508 e. The molecule has 0 fully saturated rings. The number of rotatable bonds is 7. The maximum Gasteiger partial charge on any atom is 0.116 e. The number of allylic oxidation sites excluding steroid dienone is 4. The number of benzene rings is 4. The average Bonchev–Trinajstić information content (AvgIpc) is 2.92. The highest BCUT2D eigenvalue weighted by Gasteiger charge is 2.21. The van der Waals surface area contributed by atoms with Crippen LogP contribution < -0.4 is 0 Å². The van der Waals surface area contributed by atoms with E-state index in [1.165, 1.54) is 28.0 Å². The fourth-order valence-electron chi connectivity index (χ4n) is 4.88. The fourth-order valence-corrected chi connectivity index (χ4v) is 4.88. The van der Waals surface area contributed by atoms with E-state index in [4.69, 9.17) is 0 Å². The smallest absolute Gasteiger partial charge is 0.116 e. The summed E-state index contributed by atoms with van der Waals surface area (Å²) in [4.78, 5) is 2.36. The quantitative estimate of drug-likeness (QED) is 0.293. The standard InChI is InChI=1S/C34H31NO/c1-2-11-32-21-20-31(34(27-13-5-3-6-14-27)28-15-7-4-8-16-28)25-35(32)24-26-12-9-17-29(22-26)30-18-10-19-33(36)23-30/h3-23,25,34,36H,2,24H2,1H3/b32-11-. The molecule has 0 saturated carbocycles. The van der Waals surface area contributed by atoms with Gasteiger partial charge in [-0.3, -0.25) is 0 Å². The van der Waals surface area contributed by atoms with Crippen LogP contribution in [-0.4, -0.2) is 10.0 Å². The van der Waals surface area contributed by atoms with E-state index in [2.05, 4.69) is 121 Å². The molecular weight excluding hydrogens is 438 g/mol. The van der Waals surface area contributed by atoms with E-state index >= 15 is 0 Å². The molecule has 0 unspecified atom stereocenters. The Hall–Kier alpha value is -4.30. The minimum atomic E-state index is 0.160. The summed E-state index contributed by atoms with van der Waals surface area (Å²) in [5.74, 6) is 0.445. The van der Waals surface area contributed by atoms with Gasteiger partial charge >= 0.3 is 0 Å². The van der Waals surface area contributed by atoms with E-state index < -0.39 is 0 Å². The van der Waals surface area contributed by atoms with Crippen LogP contribution in [0.5, 0.6) is 5.75 Å². The van der Waals surface area contributed by atoms with Crippen LogP contribution in [0.2, 0.25) is 0 Å². The third kappa shape index (κ3) is 5.34. The maximum atomic E-state index is 9.94. The summed E-state index contributed by atoms with van der Waals surface area (Å²) in [6.07, 6.45) is 10.1. The molecule has 1 N–H and O–H groups in total. The lowest BCUT2D eigenvalue weighted by atomic mass is 9.84. The number of hydrogen-bond donors (Lipinski definition) is 1. The van der Waals surface area contributed by atoms with E-state index in [1.807, 2.05) is 18.2 Å². The van der Waals surface area contributed by atoms with Crippen molar-refractivity contribution in [2.75, 3.05) is 0 Å². The van der Waals surface area contributed by atoms with Gasteiger partial charge in [0.15, 0.2) is 0 Å². The Balaban J connectivity index is 1.51. The lowest BCUT2D eigenvalue weighted by Gasteiger charge is -2.30. The molecular formula is C34H31NO. The SMILES string of the molecule is CC/C=C1/C=CC(C(c2ccccc2)c2ccccc2)=CN1Cc1cccc(-c2cccc(O)c2)c1. The first-order valence-electron chi connectivity index (χ1n) is 12.6. The summed E-state index contributed by atoms with van der Waals surface area (Å²) in [6, 6.07) is 37.5. The molecule has 0 spiro atoms. The van der Waals surface area contributed by atoms with Crippen LogP contribution in [0.15, 0.2) is 145 Å². The molecule has 1 aliphatic heterocycles. The van der Waals surface area contributed by atoms with E-state index in [0.29, 0.717) is 0 Å². The second-order valence-corrected chi connectivity index (χ2v) is 9.13.